The van der Waals surface area contributed by atoms with Gasteiger partial charge in [0, 0.05) is 19.2 Å². The van der Waals surface area contributed by atoms with Crippen LogP contribution in [0.1, 0.15) is 12.7 Å². The van der Waals surface area contributed by atoms with Crippen molar-refractivity contribution < 1.29 is 17.9 Å². The van der Waals surface area contributed by atoms with Crippen molar-refractivity contribution in [1.29, 1.82) is 0 Å². The van der Waals surface area contributed by atoms with Crippen molar-refractivity contribution in [2.45, 2.75) is 19.1 Å². The van der Waals surface area contributed by atoms with E-state index in [1.54, 1.807) is 6.92 Å². The summed E-state index contributed by atoms with van der Waals surface area (Å²) in [5, 5.41) is 2.76. The van der Waals surface area contributed by atoms with Crippen LogP contribution in [-0.4, -0.2) is 29.7 Å². The molecule has 0 aliphatic carbocycles. The molecule has 1 atom stereocenters. The molecule has 0 fully saturated rings. The molecule has 1 rings (SSSR count). The molecule has 1 aromatic heterocycles. The van der Waals surface area contributed by atoms with Crippen molar-refractivity contribution in [3.05, 3.63) is 11.9 Å². The molecule has 0 spiro atoms. The van der Waals surface area contributed by atoms with Gasteiger partial charge in [-0.15, -0.1) is 0 Å². The van der Waals surface area contributed by atoms with Crippen LogP contribution in [0.2, 0.25) is 0 Å². The number of rotatable bonds is 5. The summed E-state index contributed by atoms with van der Waals surface area (Å²) >= 11 is 0. The van der Waals surface area contributed by atoms with Gasteiger partial charge in [-0.1, -0.05) is 0 Å². The maximum absolute atomic E-state index is 12.5. The number of aromatic nitrogens is 2. The third-order valence-corrected chi connectivity index (χ3v) is 1.94. The van der Waals surface area contributed by atoms with Gasteiger partial charge in [0.1, 0.15) is 11.6 Å². The zero-order valence-electron chi connectivity index (χ0n) is 9.88. The first-order valence-corrected chi connectivity index (χ1v) is 5.05. The second kappa shape index (κ2) is 5.83. The van der Waals surface area contributed by atoms with E-state index in [-0.39, 0.29) is 17.7 Å². The van der Waals surface area contributed by atoms with Gasteiger partial charge in [-0.05, 0) is 6.92 Å². The van der Waals surface area contributed by atoms with Crippen molar-refractivity contribution in [2.75, 3.05) is 24.5 Å². The molecule has 18 heavy (non-hydrogen) atoms. The molecule has 0 aromatic carbocycles. The van der Waals surface area contributed by atoms with Crippen LogP contribution < -0.4 is 16.6 Å². The maximum atomic E-state index is 12.5. The first-order chi connectivity index (χ1) is 8.36. The molecule has 1 heterocycles. The molecule has 0 saturated carbocycles. The summed E-state index contributed by atoms with van der Waals surface area (Å²) in [5.74, 6) is 3.70. The van der Waals surface area contributed by atoms with Crippen LogP contribution >= 0.6 is 0 Å². The maximum Gasteiger partial charge on any atom is 0.451 e. The average Bonchev–Trinajstić information content (AvgIpc) is 2.27. The number of halogens is 3. The lowest BCUT2D eigenvalue weighted by Gasteiger charge is -2.15. The van der Waals surface area contributed by atoms with Gasteiger partial charge in [-0.2, -0.15) is 13.2 Å². The molecule has 1 aromatic rings. The van der Waals surface area contributed by atoms with Gasteiger partial charge < -0.3 is 15.5 Å². The minimum atomic E-state index is -4.63. The van der Waals surface area contributed by atoms with Crippen LogP contribution in [0, 0.1) is 0 Å². The van der Waals surface area contributed by atoms with E-state index in [9.17, 15) is 13.2 Å². The Kier molecular flexibility index (Phi) is 4.68. The quantitative estimate of drug-likeness (QED) is 0.548. The van der Waals surface area contributed by atoms with Crippen molar-refractivity contribution >= 4 is 11.6 Å². The summed E-state index contributed by atoms with van der Waals surface area (Å²) < 4.78 is 42.4. The number of anilines is 2. The topological polar surface area (TPSA) is 85.1 Å². The van der Waals surface area contributed by atoms with Gasteiger partial charge in [0.05, 0.1) is 6.61 Å². The smallest absolute Gasteiger partial charge is 0.383 e. The minimum absolute atomic E-state index is 0.0230. The lowest BCUT2D eigenvalue weighted by atomic mass is 10.3. The summed E-state index contributed by atoms with van der Waals surface area (Å²) in [6.45, 7) is 2.07. The Morgan fingerprint density at radius 1 is 1.39 bits per heavy atom. The molecule has 0 saturated heterocycles. The highest BCUT2D eigenvalue weighted by Gasteiger charge is 2.35. The largest absolute Gasteiger partial charge is 0.451 e. The Labute approximate surface area is 102 Å². The van der Waals surface area contributed by atoms with Gasteiger partial charge in [0.2, 0.25) is 5.82 Å². The molecular formula is C9H14F3N5O. The monoisotopic (exact) mass is 265 g/mol. The molecule has 0 bridgehead atoms. The lowest BCUT2D eigenvalue weighted by Crippen LogP contribution is -2.23. The first-order valence-electron chi connectivity index (χ1n) is 5.05. The number of alkyl halides is 3. The highest BCUT2D eigenvalue weighted by molar-refractivity contribution is 5.47. The van der Waals surface area contributed by atoms with Crippen molar-refractivity contribution in [1.82, 2.24) is 9.97 Å². The SMILES string of the molecule is COCC(C)Nc1cc(NN)nc(C(F)(F)F)n1. The zero-order valence-corrected chi connectivity index (χ0v) is 9.88. The van der Waals surface area contributed by atoms with Gasteiger partial charge in [-0.3, -0.25) is 0 Å². The fraction of sp³-hybridized carbons (Fsp3) is 0.556. The molecule has 0 aliphatic heterocycles. The molecule has 4 N–H and O–H groups in total. The van der Waals surface area contributed by atoms with Gasteiger partial charge in [0.25, 0.3) is 0 Å². The number of hydrazine groups is 1. The summed E-state index contributed by atoms with van der Waals surface area (Å²) in [4.78, 5) is 6.61. The summed E-state index contributed by atoms with van der Waals surface area (Å²) in [6, 6.07) is 1.08. The van der Waals surface area contributed by atoms with E-state index in [4.69, 9.17) is 10.6 Å². The molecular weight excluding hydrogens is 251 g/mol. The number of hydrogen-bond acceptors (Lipinski definition) is 6. The number of nitrogens with zero attached hydrogens (tertiary/aromatic N) is 2. The van der Waals surface area contributed by atoms with Crippen molar-refractivity contribution in [3.63, 3.8) is 0 Å². The zero-order chi connectivity index (χ0) is 13.8. The second-order valence-electron chi connectivity index (χ2n) is 3.60. The Balaban J connectivity index is 2.97. The molecule has 0 aliphatic rings. The molecule has 9 heteroatoms. The normalized spacial score (nSPS) is 13.2. The van der Waals surface area contributed by atoms with Crippen LogP contribution in [0.3, 0.4) is 0 Å². The van der Waals surface area contributed by atoms with Crippen LogP contribution in [0.4, 0.5) is 24.8 Å². The highest BCUT2D eigenvalue weighted by Crippen LogP contribution is 2.28. The van der Waals surface area contributed by atoms with Crippen LogP contribution in [0.15, 0.2) is 6.07 Å². The second-order valence-corrected chi connectivity index (χ2v) is 3.60. The summed E-state index contributed by atoms with van der Waals surface area (Å²) in [6.07, 6.45) is -4.63. The van der Waals surface area contributed by atoms with E-state index in [0.29, 0.717) is 6.61 Å². The van der Waals surface area contributed by atoms with Crippen molar-refractivity contribution in [2.24, 2.45) is 5.84 Å². The minimum Gasteiger partial charge on any atom is -0.383 e. The molecule has 0 radical (unpaired) electrons. The average molecular weight is 265 g/mol. The van der Waals surface area contributed by atoms with E-state index >= 15 is 0 Å². The molecule has 102 valence electrons. The van der Waals surface area contributed by atoms with E-state index in [0.717, 1.165) is 0 Å². The fourth-order valence-corrected chi connectivity index (χ4v) is 1.27. The predicted molar refractivity (Wildman–Crippen MR) is 59.8 cm³/mol. The number of nitrogens with one attached hydrogen (secondary N) is 2. The van der Waals surface area contributed by atoms with E-state index in [2.05, 4.69) is 20.7 Å². The van der Waals surface area contributed by atoms with Crippen molar-refractivity contribution in [3.8, 4) is 0 Å². The highest BCUT2D eigenvalue weighted by atomic mass is 19.4. The third kappa shape index (κ3) is 4.00. The standard InChI is InChI=1S/C9H14F3N5O/c1-5(4-18-2)14-6-3-7(17-13)16-8(15-6)9(10,11)12/h3,5H,4,13H2,1-2H3,(H2,14,15,16,17). The number of nitrogens with two attached hydrogens (primary N) is 1. The van der Waals surface area contributed by atoms with E-state index in [1.165, 1.54) is 13.2 Å². The van der Waals surface area contributed by atoms with Crippen LogP contribution in [-0.2, 0) is 10.9 Å². The van der Waals surface area contributed by atoms with Gasteiger partial charge in [0.15, 0.2) is 0 Å². The number of ether oxygens (including phenoxy) is 1. The van der Waals surface area contributed by atoms with E-state index < -0.39 is 12.0 Å². The number of nitrogen functional groups attached to an aromatic ring is 1. The first kappa shape index (κ1) is 14.5. The van der Waals surface area contributed by atoms with Gasteiger partial charge >= 0.3 is 6.18 Å². The number of hydrogen-bond donors (Lipinski definition) is 3. The summed E-state index contributed by atoms with van der Waals surface area (Å²) in [7, 11) is 1.49. The Morgan fingerprint density at radius 3 is 2.50 bits per heavy atom. The van der Waals surface area contributed by atoms with Crippen LogP contribution in [0.5, 0.6) is 0 Å². The Morgan fingerprint density at radius 2 is 2.00 bits per heavy atom. The predicted octanol–water partition coefficient (Wildman–Crippen LogP) is 1.23. The molecule has 0 amide bonds. The van der Waals surface area contributed by atoms with Crippen LogP contribution in [0.25, 0.3) is 0 Å². The summed E-state index contributed by atoms with van der Waals surface area (Å²) in [5.41, 5.74) is 2.06. The Hall–Kier alpha value is -1.61. The molecule has 6 nitrogen and oxygen atoms in total. The van der Waals surface area contributed by atoms with E-state index in [1.807, 2.05) is 0 Å². The molecule has 1 unspecified atom stereocenters. The third-order valence-electron chi connectivity index (χ3n) is 1.94. The Bertz CT molecular complexity index is 398. The number of methoxy groups -OCH3 is 1. The lowest BCUT2D eigenvalue weighted by molar-refractivity contribution is -0.144. The fourth-order valence-electron chi connectivity index (χ4n) is 1.27. The van der Waals surface area contributed by atoms with Gasteiger partial charge in [-0.25, -0.2) is 15.8 Å².